The summed E-state index contributed by atoms with van der Waals surface area (Å²) in [6.45, 7) is 2.35. The van der Waals surface area contributed by atoms with Gasteiger partial charge in [-0.1, -0.05) is 12.1 Å². The van der Waals surface area contributed by atoms with Gasteiger partial charge in [0, 0.05) is 0 Å². The van der Waals surface area contributed by atoms with Gasteiger partial charge in [-0.15, -0.1) is 12.4 Å². The van der Waals surface area contributed by atoms with E-state index in [4.69, 9.17) is 14.9 Å². The Morgan fingerprint density at radius 1 is 1.36 bits per heavy atom. The molecule has 3 nitrogen and oxygen atoms in total. The van der Waals surface area contributed by atoms with E-state index in [2.05, 4.69) is 0 Å². The highest BCUT2D eigenvalue weighted by atomic mass is 35.5. The van der Waals surface area contributed by atoms with Crippen LogP contribution in [0, 0.1) is 5.41 Å². The summed E-state index contributed by atoms with van der Waals surface area (Å²) in [4.78, 5) is 0. The molecule has 1 rings (SSSR count). The van der Waals surface area contributed by atoms with Gasteiger partial charge in [0.05, 0.1) is 19.3 Å². The molecule has 0 fully saturated rings. The molecule has 1 aromatic rings. The van der Waals surface area contributed by atoms with E-state index >= 15 is 0 Å². The van der Waals surface area contributed by atoms with Crippen molar-refractivity contribution in [2.75, 3.05) is 13.7 Å². The van der Waals surface area contributed by atoms with Gasteiger partial charge in [0.15, 0.2) is 0 Å². The van der Waals surface area contributed by atoms with E-state index in [1.807, 2.05) is 25.1 Å². The molecule has 0 aliphatic heterocycles. The molecule has 0 aliphatic carbocycles. The molecule has 0 unspecified atom stereocenters. The van der Waals surface area contributed by atoms with Crippen LogP contribution in [0.4, 0.5) is 0 Å². The molecule has 0 aromatic heterocycles. The van der Waals surface area contributed by atoms with Gasteiger partial charge in [-0.2, -0.15) is 0 Å². The number of methoxy groups -OCH3 is 1. The standard InChI is InChI=1S/C10H13NO2.ClH/c1-3-13-10(11)8-6-4-5-7-9(8)12-2;/h4-7,11H,3H2,1-2H3;1H. The van der Waals surface area contributed by atoms with Crippen molar-refractivity contribution in [1.82, 2.24) is 0 Å². The summed E-state index contributed by atoms with van der Waals surface area (Å²) in [6, 6.07) is 7.33. The molecule has 14 heavy (non-hydrogen) atoms. The lowest BCUT2D eigenvalue weighted by Crippen LogP contribution is -2.06. The van der Waals surface area contributed by atoms with E-state index in [1.165, 1.54) is 0 Å². The lowest BCUT2D eigenvalue weighted by atomic mass is 10.2. The van der Waals surface area contributed by atoms with Crippen LogP contribution in [0.3, 0.4) is 0 Å². The number of hydrogen-bond acceptors (Lipinski definition) is 3. The third-order valence-corrected chi connectivity index (χ3v) is 1.64. The van der Waals surface area contributed by atoms with Crippen molar-refractivity contribution in [1.29, 1.82) is 5.41 Å². The second-order valence-electron chi connectivity index (χ2n) is 2.46. The highest BCUT2D eigenvalue weighted by Crippen LogP contribution is 2.17. The maximum atomic E-state index is 7.57. The highest BCUT2D eigenvalue weighted by molar-refractivity contribution is 5.94. The molecule has 0 bridgehead atoms. The predicted molar refractivity (Wildman–Crippen MR) is 58.7 cm³/mol. The van der Waals surface area contributed by atoms with Crippen LogP contribution >= 0.6 is 12.4 Å². The zero-order valence-electron chi connectivity index (χ0n) is 8.24. The second kappa shape index (κ2) is 6.27. The maximum absolute atomic E-state index is 7.57. The molecule has 0 aliphatic rings. The van der Waals surface area contributed by atoms with Gasteiger partial charge in [0.2, 0.25) is 5.90 Å². The Kier molecular flexibility index (Phi) is 5.72. The van der Waals surface area contributed by atoms with Crippen LogP contribution in [-0.4, -0.2) is 19.6 Å². The van der Waals surface area contributed by atoms with Crippen LogP contribution in [0.5, 0.6) is 5.75 Å². The van der Waals surface area contributed by atoms with Gasteiger partial charge in [0.25, 0.3) is 0 Å². The smallest absolute Gasteiger partial charge is 0.217 e. The quantitative estimate of drug-likeness (QED) is 0.622. The summed E-state index contributed by atoms with van der Waals surface area (Å²) in [5, 5.41) is 7.57. The Morgan fingerprint density at radius 3 is 2.57 bits per heavy atom. The van der Waals surface area contributed by atoms with Gasteiger partial charge < -0.3 is 9.47 Å². The number of benzene rings is 1. The first-order valence-corrected chi connectivity index (χ1v) is 4.14. The fraction of sp³-hybridized carbons (Fsp3) is 0.300. The largest absolute Gasteiger partial charge is 0.496 e. The molecule has 0 saturated carbocycles. The first-order chi connectivity index (χ1) is 6.29. The average Bonchev–Trinajstić information content (AvgIpc) is 2.18. The zero-order chi connectivity index (χ0) is 9.68. The molecule has 0 radical (unpaired) electrons. The number of hydrogen-bond donors (Lipinski definition) is 1. The number of nitrogens with one attached hydrogen (secondary N) is 1. The van der Waals surface area contributed by atoms with E-state index < -0.39 is 0 Å². The summed E-state index contributed by atoms with van der Waals surface area (Å²) in [7, 11) is 1.58. The van der Waals surface area contributed by atoms with Gasteiger partial charge in [0.1, 0.15) is 5.75 Å². The molecular weight excluding hydrogens is 202 g/mol. The molecule has 1 N–H and O–H groups in total. The van der Waals surface area contributed by atoms with E-state index in [9.17, 15) is 0 Å². The Morgan fingerprint density at radius 2 is 2.00 bits per heavy atom. The summed E-state index contributed by atoms with van der Waals surface area (Å²) in [6.07, 6.45) is 0. The predicted octanol–water partition coefficient (Wildman–Crippen LogP) is 2.48. The molecule has 0 spiro atoms. The molecule has 1 aromatic carbocycles. The third kappa shape index (κ3) is 2.92. The number of rotatable bonds is 3. The molecule has 0 atom stereocenters. The van der Waals surface area contributed by atoms with Crippen LogP contribution < -0.4 is 4.74 Å². The molecule has 4 heteroatoms. The van der Waals surface area contributed by atoms with Crippen LogP contribution in [0.15, 0.2) is 24.3 Å². The Bertz CT molecular complexity index is 302. The Balaban J connectivity index is 0.00000169. The van der Waals surface area contributed by atoms with Crippen molar-refractivity contribution in [3.63, 3.8) is 0 Å². The minimum atomic E-state index is 0. The van der Waals surface area contributed by atoms with Crippen LogP contribution in [0.1, 0.15) is 12.5 Å². The van der Waals surface area contributed by atoms with Crippen molar-refractivity contribution in [3.8, 4) is 5.75 Å². The van der Waals surface area contributed by atoms with Crippen molar-refractivity contribution in [2.24, 2.45) is 0 Å². The normalized spacial score (nSPS) is 8.71. The van der Waals surface area contributed by atoms with Crippen molar-refractivity contribution < 1.29 is 9.47 Å². The van der Waals surface area contributed by atoms with Crippen LogP contribution in [0.2, 0.25) is 0 Å². The van der Waals surface area contributed by atoms with Crippen molar-refractivity contribution >= 4 is 18.3 Å². The fourth-order valence-electron chi connectivity index (χ4n) is 1.05. The molecule has 0 amide bonds. The van der Waals surface area contributed by atoms with Crippen LogP contribution in [0.25, 0.3) is 0 Å². The summed E-state index contributed by atoms with van der Waals surface area (Å²) in [5.74, 6) is 0.820. The Labute approximate surface area is 90.0 Å². The van der Waals surface area contributed by atoms with Crippen molar-refractivity contribution in [3.05, 3.63) is 29.8 Å². The lowest BCUT2D eigenvalue weighted by molar-refractivity contribution is 0.323. The number of para-hydroxylation sites is 1. The van der Waals surface area contributed by atoms with E-state index in [-0.39, 0.29) is 18.3 Å². The zero-order valence-corrected chi connectivity index (χ0v) is 9.06. The molecule has 0 saturated heterocycles. The maximum Gasteiger partial charge on any atom is 0.217 e. The lowest BCUT2D eigenvalue weighted by Gasteiger charge is -2.08. The highest BCUT2D eigenvalue weighted by Gasteiger charge is 2.07. The summed E-state index contributed by atoms with van der Waals surface area (Å²) >= 11 is 0. The summed E-state index contributed by atoms with van der Waals surface area (Å²) in [5.41, 5.74) is 0.687. The van der Waals surface area contributed by atoms with Crippen molar-refractivity contribution in [2.45, 2.75) is 6.92 Å². The minimum Gasteiger partial charge on any atom is -0.496 e. The van der Waals surface area contributed by atoms with Gasteiger partial charge in [-0.3, -0.25) is 5.41 Å². The monoisotopic (exact) mass is 215 g/mol. The fourth-order valence-corrected chi connectivity index (χ4v) is 1.05. The van der Waals surface area contributed by atoms with E-state index in [1.54, 1.807) is 13.2 Å². The van der Waals surface area contributed by atoms with Gasteiger partial charge in [-0.25, -0.2) is 0 Å². The SMILES string of the molecule is CCOC(=N)c1ccccc1OC.Cl. The number of halogens is 1. The summed E-state index contributed by atoms with van der Waals surface area (Å²) < 4.78 is 10.2. The van der Waals surface area contributed by atoms with Crippen LogP contribution in [-0.2, 0) is 4.74 Å². The topological polar surface area (TPSA) is 42.3 Å². The number of ether oxygens (including phenoxy) is 2. The minimum absolute atomic E-state index is 0. The Hall–Kier alpha value is -1.22. The molecule has 78 valence electrons. The second-order valence-corrected chi connectivity index (χ2v) is 2.46. The van der Waals surface area contributed by atoms with E-state index in [0.717, 1.165) is 0 Å². The first-order valence-electron chi connectivity index (χ1n) is 4.14. The average molecular weight is 216 g/mol. The van der Waals surface area contributed by atoms with E-state index in [0.29, 0.717) is 17.9 Å². The third-order valence-electron chi connectivity index (χ3n) is 1.64. The first kappa shape index (κ1) is 12.8. The van der Waals surface area contributed by atoms with Gasteiger partial charge >= 0.3 is 0 Å². The van der Waals surface area contributed by atoms with Gasteiger partial charge in [-0.05, 0) is 19.1 Å². The molecular formula is C10H14ClNO2. The molecule has 0 heterocycles.